The molecule has 29 heavy (non-hydrogen) atoms. The summed E-state index contributed by atoms with van der Waals surface area (Å²) in [4.78, 5) is 12.5. The number of aliphatic hydroxyl groups is 2. The molecular weight excluding hydrogens is 368 g/mol. The van der Waals surface area contributed by atoms with Gasteiger partial charge in [-0.25, -0.2) is 0 Å². The van der Waals surface area contributed by atoms with E-state index < -0.39 is 11.7 Å². The zero-order chi connectivity index (χ0) is 22.2. The molecule has 0 aliphatic heterocycles. The maximum Gasteiger partial charge on any atom is 0.204 e. The Morgan fingerprint density at radius 2 is 1.72 bits per heavy atom. The summed E-state index contributed by atoms with van der Waals surface area (Å²) < 4.78 is 10.4. The Morgan fingerprint density at radius 1 is 1.10 bits per heavy atom. The van der Waals surface area contributed by atoms with Crippen molar-refractivity contribution in [3.05, 3.63) is 34.8 Å². The Labute approximate surface area is 176 Å². The van der Waals surface area contributed by atoms with Gasteiger partial charge in [0.2, 0.25) is 11.5 Å². The van der Waals surface area contributed by atoms with Gasteiger partial charge in [-0.15, -0.1) is 0 Å². The van der Waals surface area contributed by atoms with Gasteiger partial charge in [-0.05, 0) is 66.2 Å². The number of allylic oxidation sites excluding steroid dienone is 5. The molecule has 1 aliphatic carbocycles. The van der Waals surface area contributed by atoms with E-state index in [1.165, 1.54) is 25.4 Å². The number of carbonyl (C=O) groups is 1. The first-order valence-corrected chi connectivity index (χ1v) is 10.6. The lowest BCUT2D eigenvalue weighted by atomic mass is 9.77. The summed E-state index contributed by atoms with van der Waals surface area (Å²) >= 11 is 0. The number of hydrogen-bond acceptors (Lipinski definition) is 5. The second-order valence-electron chi connectivity index (χ2n) is 8.90. The third-order valence-corrected chi connectivity index (χ3v) is 5.73. The standard InChI is InChI=1S/C24H40O5/c1-16(12-9-15-24(4,5)27)10-8-11-17(2)13-14-19-18(3)20(25)22(28-6)23(29-7)21(19)26/h10,13,18-19,21,26-27H,8-9,11-12,14-15H2,1-7H3/b16-10+,17-13+/t18-,19-,21-/m1/s1. The molecule has 2 N–H and O–H groups in total. The highest BCUT2D eigenvalue weighted by atomic mass is 16.5. The second-order valence-corrected chi connectivity index (χ2v) is 8.90. The lowest BCUT2D eigenvalue weighted by Gasteiger charge is -2.33. The smallest absolute Gasteiger partial charge is 0.204 e. The van der Waals surface area contributed by atoms with E-state index in [2.05, 4.69) is 26.0 Å². The van der Waals surface area contributed by atoms with E-state index in [9.17, 15) is 15.0 Å². The number of ether oxygens (including phenoxy) is 2. The number of rotatable bonds is 11. The number of aliphatic hydroxyl groups excluding tert-OH is 1. The molecular formula is C24H40O5. The molecule has 0 radical (unpaired) electrons. The van der Waals surface area contributed by atoms with E-state index in [4.69, 9.17) is 9.47 Å². The van der Waals surface area contributed by atoms with Gasteiger partial charge in [-0.1, -0.05) is 30.2 Å². The minimum absolute atomic E-state index is 0.115. The molecule has 0 fully saturated rings. The van der Waals surface area contributed by atoms with Gasteiger partial charge in [-0.2, -0.15) is 0 Å². The second kappa shape index (κ2) is 11.6. The predicted octanol–water partition coefficient (Wildman–Crippen LogP) is 4.69. The largest absolute Gasteiger partial charge is 0.494 e. The first kappa shape index (κ1) is 25.4. The molecule has 0 heterocycles. The summed E-state index contributed by atoms with van der Waals surface area (Å²) in [6.45, 7) is 9.76. The lowest BCUT2D eigenvalue weighted by molar-refractivity contribution is -0.128. The van der Waals surface area contributed by atoms with E-state index in [-0.39, 0.29) is 29.1 Å². The van der Waals surface area contributed by atoms with Crippen LogP contribution in [-0.4, -0.2) is 41.9 Å². The van der Waals surface area contributed by atoms with Crippen LogP contribution in [0.2, 0.25) is 0 Å². The quantitative estimate of drug-likeness (QED) is 0.485. The van der Waals surface area contributed by atoms with Crippen molar-refractivity contribution in [2.45, 2.75) is 84.8 Å². The summed E-state index contributed by atoms with van der Waals surface area (Å²) in [6.07, 6.45) is 8.89. The van der Waals surface area contributed by atoms with Crippen LogP contribution in [0.1, 0.15) is 73.1 Å². The van der Waals surface area contributed by atoms with Crippen molar-refractivity contribution in [1.82, 2.24) is 0 Å². The highest BCUT2D eigenvalue weighted by molar-refractivity contribution is 5.97. The van der Waals surface area contributed by atoms with Crippen molar-refractivity contribution in [3.63, 3.8) is 0 Å². The summed E-state index contributed by atoms with van der Waals surface area (Å²) in [5.74, 6) is -0.285. The van der Waals surface area contributed by atoms with E-state index in [0.717, 1.165) is 32.1 Å². The topological polar surface area (TPSA) is 76.0 Å². The molecule has 0 saturated heterocycles. The Hall–Kier alpha value is -1.59. The summed E-state index contributed by atoms with van der Waals surface area (Å²) in [5, 5.41) is 20.4. The molecule has 3 atom stereocenters. The van der Waals surface area contributed by atoms with Crippen molar-refractivity contribution in [2.24, 2.45) is 11.8 Å². The van der Waals surface area contributed by atoms with Gasteiger partial charge in [0.05, 0.1) is 19.8 Å². The first-order valence-electron chi connectivity index (χ1n) is 10.6. The van der Waals surface area contributed by atoms with Crippen LogP contribution in [0.5, 0.6) is 0 Å². The molecule has 0 spiro atoms. The van der Waals surface area contributed by atoms with Crippen LogP contribution < -0.4 is 0 Å². The summed E-state index contributed by atoms with van der Waals surface area (Å²) in [7, 11) is 2.88. The number of methoxy groups -OCH3 is 2. The molecule has 166 valence electrons. The third-order valence-electron chi connectivity index (χ3n) is 5.73. The molecule has 0 aromatic carbocycles. The number of carbonyl (C=O) groups excluding carboxylic acids is 1. The fourth-order valence-corrected chi connectivity index (χ4v) is 3.76. The van der Waals surface area contributed by atoms with Gasteiger partial charge in [0.15, 0.2) is 5.76 Å². The van der Waals surface area contributed by atoms with Gasteiger partial charge in [-0.3, -0.25) is 4.79 Å². The Bertz CT molecular complexity index is 636. The van der Waals surface area contributed by atoms with Crippen LogP contribution in [0.4, 0.5) is 0 Å². The van der Waals surface area contributed by atoms with Crippen LogP contribution >= 0.6 is 0 Å². The molecule has 1 aliphatic rings. The third kappa shape index (κ3) is 7.98. The molecule has 1 rings (SSSR count). The number of Topliss-reactive ketones (excluding diaryl/α,β-unsaturated/α-hetero) is 1. The maximum atomic E-state index is 12.5. The van der Waals surface area contributed by atoms with Crippen molar-refractivity contribution < 1.29 is 24.5 Å². The Morgan fingerprint density at radius 3 is 2.28 bits per heavy atom. The summed E-state index contributed by atoms with van der Waals surface area (Å²) in [6, 6.07) is 0. The number of hydrogen-bond donors (Lipinski definition) is 2. The minimum Gasteiger partial charge on any atom is -0.494 e. The molecule has 5 heteroatoms. The highest BCUT2D eigenvalue weighted by Crippen LogP contribution is 2.35. The average molecular weight is 409 g/mol. The van der Waals surface area contributed by atoms with E-state index >= 15 is 0 Å². The number of ketones is 1. The molecule has 0 aromatic rings. The average Bonchev–Trinajstić information content (AvgIpc) is 2.63. The Balaban J connectivity index is 2.59. The van der Waals surface area contributed by atoms with Gasteiger partial charge in [0.1, 0.15) is 6.10 Å². The fraction of sp³-hybridized carbons (Fsp3) is 0.708. The lowest BCUT2D eigenvalue weighted by Crippen LogP contribution is -2.40. The highest BCUT2D eigenvalue weighted by Gasteiger charge is 2.42. The van der Waals surface area contributed by atoms with Crippen LogP contribution in [0, 0.1) is 11.8 Å². The molecule has 0 aromatic heterocycles. The SMILES string of the molecule is COC1=C(OC)[C@H](O)[C@H](C/C=C(\C)CC/C=C(\C)CCCC(C)(C)O)[C@@H](C)C1=O. The van der Waals surface area contributed by atoms with Gasteiger partial charge >= 0.3 is 0 Å². The predicted molar refractivity (Wildman–Crippen MR) is 116 cm³/mol. The molecule has 5 nitrogen and oxygen atoms in total. The van der Waals surface area contributed by atoms with Crippen LogP contribution in [0.15, 0.2) is 34.8 Å². The maximum absolute atomic E-state index is 12.5. The van der Waals surface area contributed by atoms with Crippen molar-refractivity contribution in [2.75, 3.05) is 14.2 Å². The zero-order valence-electron chi connectivity index (χ0n) is 19.2. The van der Waals surface area contributed by atoms with Crippen LogP contribution in [0.3, 0.4) is 0 Å². The molecule has 0 unspecified atom stereocenters. The monoisotopic (exact) mass is 408 g/mol. The van der Waals surface area contributed by atoms with Gasteiger partial charge in [0, 0.05) is 11.8 Å². The van der Waals surface area contributed by atoms with Crippen molar-refractivity contribution in [1.29, 1.82) is 0 Å². The fourth-order valence-electron chi connectivity index (χ4n) is 3.76. The first-order chi connectivity index (χ1) is 13.5. The van der Waals surface area contributed by atoms with E-state index in [1.54, 1.807) is 0 Å². The van der Waals surface area contributed by atoms with E-state index in [0.29, 0.717) is 6.42 Å². The van der Waals surface area contributed by atoms with Crippen molar-refractivity contribution in [3.8, 4) is 0 Å². The van der Waals surface area contributed by atoms with Gasteiger partial charge in [0.25, 0.3) is 0 Å². The van der Waals surface area contributed by atoms with E-state index in [1.807, 2.05) is 20.8 Å². The normalized spacial score (nSPS) is 24.2. The summed E-state index contributed by atoms with van der Waals surface area (Å²) in [5.41, 5.74) is 2.01. The van der Waals surface area contributed by atoms with Crippen LogP contribution in [-0.2, 0) is 14.3 Å². The van der Waals surface area contributed by atoms with Crippen molar-refractivity contribution >= 4 is 5.78 Å². The van der Waals surface area contributed by atoms with Gasteiger partial charge < -0.3 is 19.7 Å². The van der Waals surface area contributed by atoms with Crippen LogP contribution in [0.25, 0.3) is 0 Å². The molecule has 0 saturated carbocycles. The Kier molecular flexibility index (Phi) is 10.1. The molecule has 0 bridgehead atoms. The zero-order valence-corrected chi connectivity index (χ0v) is 19.2. The minimum atomic E-state index is -0.843. The molecule has 0 amide bonds.